The van der Waals surface area contributed by atoms with Gasteiger partial charge in [0.05, 0.1) is 0 Å². The van der Waals surface area contributed by atoms with Gasteiger partial charge in [-0.3, -0.25) is 0 Å². The Morgan fingerprint density at radius 2 is 1.94 bits per heavy atom. The highest BCUT2D eigenvalue weighted by Gasteiger charge is 2.66. The maximum Gasteiger partial charge on any atom is 0.183 e. The van der Waals surface area contributed by atoms with Gasteiger partial charge < -0.3 is 10.7 Å². The lowest BCUT2D eigenvalue weighted by Gasteiger charge is -2.05. The summed E-state index contributed by atoms with van der Waals surface area (Å²) in [6.45, 7) is 0. The fourth-order valence-electron chi connectivity index (χ4n) is 4.71. The minimum atomic E-state index is 0.507. The molecular formula is C13H15N5. The Balaban J connectivity index is 1.59. The standard InChI is InChI=1S/C13H15N5/c14-11-10-13(16-4-15-11)18-12(17-10)9-7-5-1-2-6(3-5)8(7)9/h4-9H,1-3H2,(H3,14,15,16,17,18). The van der Waals surface area contributed by atoms with Crippen molar-refractivity contribution >= 4 is 17.0 Å². The lowest BCUT2D eigenvalue weighted by atomic mass is 10.0. The second kappa shape index (κ2) is 2.84. The third kappa shape index (κ3) is 0.970. The lowest BCUT2D eigenvalue weighted by molar-refractivity contribution is 0.456. The highest BCUT2D eigenvalue weighted by molar-refractivity contribution is 5.81. The van der Waals surface area contributed by atoms with Crippen molar-refractivity contribution in [2.24, 2.45) is 23.7 Å². The van der Waals surface area contributed by atoms with Gasteiger partial charge in [-0.1, -0.05) is 0 Å². The van der Waals surface area contributed by atoms with E-state index in [4.69, 9.17) is 5.73 Å². The second-order valence-electron chi connectivity index (χ2n) is 6.09. The van der Waals surface area contributed by atoms with E-state index in [2.05, 4.69) is 19.9 Å². The van der Waals surface area contributed by atoms with Crippen molar-refractivity contribution in [2.45, 2.75) is 25.2 Å². The zero-order valence-corrected chi connectivity index (χ0v) is 10.0. The van der Waals surface area contributed by atoms with Crippen LogP contribution in [0.4, 0.5) is 5.82 Å². The molecule has 0 spiro atoms. The molecule has 0 aromatic carbocycles. The average molecular weight is 241 g/mol. The highest BCUT2D eigenvalue weighted by Crippen LogP contribution is 2.72. The number of nitrogens with two attached hydrogens (primary N) is 1. The van der Waals surface area contributed by atoms with E-state index in [1.54, 1.807) is 0 Å². The molecule has 3 fully saturated rings. The van der Waals surface area contributed by atoms with Crippen molar-refractivity contribution < 1.29 is 0 Å². The van der Waals surface area contributed by atoms with Gasteiger partial charge >= 0.3 is 0 Å². The quantitative estimate of drug-likeness (QED) is 0.796. The number of nitrogens with one attached hydrogen (secondary N) is 1. The van der Waals surface area contributed by atoms with Gasteiger partial charge in [0.2, 0.25) is 0 Å². The molecule has 4 unspecified atom stereocenters. The van der Waals surface area contributed by atoms with Crippen LogP contribution in [0.5, 0.6) is 0 Å². The van der Waals surface area contributed by atoms with Crippen molar-refractivity contribution in [1.29, 1.82) is 0 Å². The summed E-state index contributed by atoms with van der Waals surface area (Å²) in [6.07, 6.45) is 5.82. The molecule has 18 heavy (non-hydrogen) atoms. The summed E-state index contributed by atoms with van der Waals surface area (Å²) < 4.78 is 0. The first kappa shape index (κ1) is 9.30. The first-order chi connectivity index (χ1) is 8.83. The molecule has 3 aliphatic rings. The van der Waals surface area contributed by atoms with Crippen LogP contribution in [0.1, 0.15) is 31.0 Å². The summed E-state index contributed by atoms with van der Waals surface area (Å²) in [5.74, 6) is 5.95. The maximum absolute atomic E-state index is 5.85. The van der Waals surface area contributed by atoms with Crippen LogP contribution < -0.4 is 5.73 Å². The molecule has 3 N–H and O–H groups in total. The molecule has 2 bridgehead atoms. The molecule has 3 aliphatic carbocycles. The van der Waals surface area contributed by atoms with E-state index in [9.17, 15) is 0 Å². The Hall–Kier alpha value is -1.65. The van der Waals surface area contributed by atoms with E-state index in [0.717, 1.165) is 40.7 Å². The zero-order valence-electron chi connectivity index (χ0n) is 10.0. The van der Waals surface area contributed by atoms with Crippen molar-refractivity contribution in [1.82, 2.24) is 19.9 Å². The van der Waals surface area contributed by atoms with Gasteiger partial charge in [-0.2, -0.15) is 0 Å². The third-order valence-electron chi connectivity index (χ3n) is 5.39. The van der Waals surface area contributed by atoms with E-state index in [0.29, 0.717) is 11.7 Å². The van der Waals surface area contributed by atoms with Crippen molar-refractivity contribution in [2.75, 3.05) is 5.73 Å². The molecule has 0 amide bonds. The second-order valence-corrected chi connectivity index (χ2v) is 6.09. The third-order valence-corrected chi connectivity index (χ3v) is 5.39. The van der Waals surface area contributed by atoms with E-state index >= 15 is 0 Å². The van der Waals surface area contributed by atoms with Crippen molar-refractivity contribution in [3.63, 3.8) is 0 Å². The number of nitrogen functional groups attached to an aromatic ring is 1. The topological polar surface area (TPSA) is 80.5 Å². The number of aromatic nitrogens is 4. The fourth-order valence-corrected chi connectivity index (χ4v) is 4.71. The predicted octanol–water partition coefficient (Wildman–Crippen LogP) is 1.69. The molecule has 92 valence electrons. The first-order valence-corrected chi connectivity index (χ1v) is 6.79. The van der Waals surface area contributed by atoms with Crippen LogP contribution in [-0.2, 0) is 0 Å². The number of fused-ring (bicyclic) bond motifs is 6. The number of hydrogen-bond donors (Lipinski definition) is 2. The molecular weight excluding hydrogens is 226 g/mol. The first-order valence-electron chi connectivity index (χ1n) is 6.79. The number of nitrogens with zero attached hydrogens (tertiary/aromatic N) is 3. The molecule has 0 aliphatic heterocycles. The summed E-state index contributed by atoms with van der Waals surface area (Å²) in [5.41, 5.74) is 7.38. The van der Waals surface area contributed by atoms with Gasteiger partial charge in [0.25, 0.3) is 0 Å². The van der Waals surface area contributed by atoms with Gasteiger partial charge in [0, 0.05) is 5.92 Å². The minimum absolute atomic E-state index is 0.507. The molecule has 5 nitrogen and oxygen atoms in total. The minimum Gasteiger partial charge on any atom is -0.382 e. The normalized spacial score (nSPS) is 40.3. The Morgan fingerprint density at radius 1 is 1.17 bits per heavy atom. The number of aromatic amines is 1. The Bertz CT molecular complexity index is 632. The molecule has 2 aromatic rings. The smallest absolute Gasteiger partial charge is 0.183 e. The Morgan fingerprint density at radius 3 is 2.67 bits per heavy atom. The number of anilines is 1. The molecule has 3 saturated carbocycles. The summed E-state index contributed by atoms with van der Waals surface area (Å²) >= 11 is 0. The van der Waals surface area contributed by atoms with Crippen LogP contribution in [0.2, 0.25) is 0 Å². The van der Waals surface area contributed by atoms with Crippen LogP contribution in [0.15, 0.2) is 6.33 Å². The molecule has 4 atom stereocenters. The van der Waals surface area contributed by atoms with Gasteiger partial charge in [0.15, 0.2) is 11.5 Å². The number of hydrogen-bond acceptors (Lipinski definition) is 4. The predicted molar refractivity (Wildman–Crippen MR) is 66.6 cm³/mol. The van der Waals surface area contributed by atoms with Gasteiger partial charge in [-0.25, -0.2) is 15.0 Å². The summed E-state index contributed by atoms with van der Waals surface area (Å²) in [7, 11) is 0. The van der Waals surface area contributed by atoms with E-state index in [-0.39, 0.29) is 0 Å². The van der Waals surface area contributed by atoms with Crippen molar-refractivity contribution in [3.05, 3.63) is 12.2 Å². The van der Waals surface area contributed by atoms with E-state index in [1.807, 2.05) is 0 Å². The van der Waals surface area contributed by atoms with Crippen LogP contribution in [-0.4, -0.2) is 19.9 Å². The van der Waals surface area contributed by atoms with Crippen LogP contribution in [0, 0.1) is 23.7 Å². The lowest BCUT2D eigenvalue weighted by Crippen LogP contribution is -1.98. The molecule has 0 saturated heterocycles. The van der Waals surface area contributed by atoms with Gasteiger partial charge in [-0.15, -0.1) is 0 Å². The largest absolute Gasteiger partial charge is 0.382 e. The molecule has 2 aromatic heterocycles. The fraction of sp³-hybridized carbons (Fsp3) is 0.615. The number of rotatable bonds is 1. The maximum atomic E-state index is 5.85. The molecule has 5 rings (SSSR count). The van der Waals surface area contributed by atoms with E-state index in [1.165, 1.54) is 25.6 Å². The molecule has 0 radical (unpaired) electrons. The van der Waals surface area contributed by atoms with E-state index < -0.39 is 0 Å². The zero-order chi connectivity index (χ0) is 11.9. The van der Waals surface area contributed by atoms with Gasteiger partial charge in [-0.05, 0) is 42.9 Å². The average Bonchev–Trinajstić information content (AvgIpc) is 2.77. The number of imidazole rings is 1. The number of H-pyrrole nitrogens is 1. The Kier molecular flexibility index (Phi) is 1.47. The van der Waals surface area contributed by atoms with Crippen LogP contribution in [0.3, 0.4) is 0 Å². The van der Waals surface area contributed by atoms with Gasteiger partial charge in [0.1, 0.15) is 17.7 Å². The van der Waals surface area contributed by atoms with Crippen LogP contribution in [0.25, 0.3) is 11.2 Å². The molecule has 5 heteroatoms. The van der Waals surface area contributed by atoms with Crippen molar-refractivity contribution in [3.8, 4) is 0 Å². The SMILES string of the molecule is Nc1ncnc2nc(C3C4C5CCC(C5)C34)[nH]c12. The highest BCUT2D eigenvalue weighted by atomic mass is 15.1. The monoisotopic (exact) mass is 241 g/mol. The summed E-state index contributed by atoms with van der Waals surface area (Å²) in [6, 6.07) is 0. The summed E-state index contributed by atoms with van der Waals surface area (Å²) in [4.78, 5) is 16.2. The Labute approximate surface area is 104 Å². The summed E-state index contributed by atoms with van der Waals surface area (Å²) in [5, 5.41) is 0. The molecule has 2 heterocycles. The van der Waals surface area contributed by atoms with Crippen LogP contribution >= 0.6 is 0 Å².